The van der Waals surface area contributed by atoms with Gasteiger partial charge in [0.15, 0.2) is 0 Å². The van der Waals surface area contributed by atoms with Crippen molar-refractivity contribution in [3.05, 3.63) is 60.2 Å². The second-order valence-electron chi connectivity index (χ2n) is 4.66. The van der Waals surface area contributed by atoms with Gasteiger partial charge in [-0.05, 0) is 43.3 Å². The maximum atomic E-state index is 12.4. The highest BCUT2D eigenvalue weighted by atomic mass is 31.2. The van der Waals surface area contributed by atoms with Crippen LogP contribution in [0.25, 0.3) is 0 Å². The van der Waals surface area contributed by atoms with Crippen LogP contribution in [0.2, 0.25) is 0 Å². The Bertz CT molecular complexity index is 670. The average molecular weight is 319 g/mol. The second kappa shape index (κ2) is 7.14. The average Bonchev–Trinajstić information content (AvgIpc) is 2.48. The van der Waals surface area contributed by atoms with Crippen molar-refractivity contribution in [2.75, 3.05) is 18.4 Å². The molecule has 2 rings (SSSR count). The van der Waals surface area contributed by atoms with Gasteiger partial charge >= 0.3 is 13.5 Å². The van der Waals surface area contributed by atoms with E-state index in [-0.39, 0.29) is 5.97 Å². The molecule has 1 atom stereocenters. The summed E-state index contributed by atoms with van der Waals surface area (Å²) in [4.78, 5) is 11.6. The molecule has 0 aliphatic heterocycles. The van der Waals surface area contributed by atoms with E-state index in [4.69, 9.17) is 9.26 Å². The SMILES string of the molecule is CCOC(=O)c1ccc(N[P@](C)(=O)Oc2ccccc2)cc1. The summed E-state index contributed by atoms with van der Waals surface area (Å²) < 4.78 is 22.8. The predicted octanol–water partition coefficient (Wildman–Crippen LogP) is 4.18. The van der Waals surface area contributed by atoms with Crippen molar-refractivity contribution in [2.45, 2.75) is 6.92 Å². The van der Waals surface area contributed by atoms with E-state index in [1.54, 1.807) is 43.3 Å². The van der Waals surface area contributed by atoms with Gasteiger partial charge in [0, 0.05) is 12.4 Å². The van der Waals surface area contributed by atoms with E-state index in [2.05, 4.69) is 5.09 Å². The fraction of sp³-hybridized carbons (Fsp3) is 0.188. The molecular formula is C16H18NO4P. The summed E-state index contributed by atoms with van der Waals surface area (Å²) in [5.41, 5.74) is 1.05. The molecule has 0 radical (unpaired) electrons. The van der Waals surface area contributed by atoms with Crippen molar-refractivity contribution in [3.8, 4) is 5.75 Å². The number of ether oxygens (including phenoxy) is 1. The Morgan fingerprint density at radius 2 is 1.73 bits per heavy atom. The lowest BCUT2D eigenvalue weighted by Gasteiger charge is -2.17. The van der Waals surface area contributed by atoms with Crippen molar-refractivity contribution in [3.63, 3.8) is 0 Å². The minimum Gasteiger partial charge on any atom is -0.462 e. The first-order valence-electron chi connectivity index (χ1n) is 6.88. The van der Waals surface area contributed by atoms with Gasteiger partial charge in [-0.25, -0.2) is 4.79 Å². The van der Waals surface area contributed by atoms with Crippen LogP contribution in [0.1, 0.15) is 17.3 Å². The molecule has 116 valence electrons. The normalized spacial score (nSPS) is 13.0. The van der Waals surface area contributed by atoms with Gasteiger partial charge < -0.3 is 14.3 Å². The van der Waals surface area contributed by atoms with Crippen molar-refractivity contribution in [1.82, 2.24) is 0 Å². The molecule has 2 aromatic rings. The molecule has 0 spiro atoms. The fourth-order valence-corrected chi connectivity index (χ4v) is 3.02. The molecule has 22 heavy (non-hydrogen) atoms. The third kappa shape index (κ3) is 4.64. The van der Waals surface area contributed by atoms with Crippen LogP contribution in [0.3, 0.4) is 0 Å². The molecule has 0 aliphatic carbocycles. The third-order valence-electron chi connectivity index (χ3n) is 2.75. The standard InChI is InChI=1S/C16H18NO4P/c1-3-20-16(18)13-9-11-14(12-10-13)17-22(2,19)21-15-7-5-4-6-8-15/h4-12H,3H2,1-2H3,(H,17,19)/t22-/m1/s1. The van der Waals surface area contributed by atoms with Gasteiger partial charge in [-0.2, -0.15) is 0 Å². The van der Waals surface area contributed by atoms with Crippen molar-refractivity contribution in [2.24, 2.45) is 0 Å². The Morgan fingerprint density at radius 3 is 2.32 bits per heavy atom. The van der Waals surface area contributed by atoms with Gasteiger partial charge in [0.25, 0.3) is 0 Å². The number of rotatable bonds is 6. The Morgan fingerprint density at radius 1 is 1.09 bits per heavy atom. The lowest BCUT2D eigenvalue weighted by molar-refractivity contribution is 0.0526. The summed E-state index contributed by atoms with van der Waals surface area (Å²) in [6, 6.07) is 15.5. The Hall–Kier alpha value is -2.26. The molecule has 0 heterocycles. The van der Waals surface area contributed by atoms with Crippen LogP contribution in [-0.4, -0.2) is 19.2 Å². The van der Waals surface area contributed by atoms with Gasteiger partial charge in [-0.15, -0.1) is 0 Å². The molecule has 5 nitrogen and oxygen atoms in total. The van der Waals surface area contributed by atoms with Crippen molar-refractivity contribution >= 4 is 19.2 Å². The maximum absolute atomic E-state index is 12.4. The highest BCUT2D eigenvalue weighted by Gasteiger charge is 2.17. The molecule has 0 aliphatic rings. The van der Waals surface area contributed by atoms with E-state index in [1.807, 2.05) is 18.2 Å². The minimum atomic E-state index is -3.05. The quantitative estimate of drug-likeness (QED) is 0.639. The van der Waals surface area contributed by atoms with E-state index >= 15 is 0 Å². The van der Waals surface area contributed by atoms with Crippen molar-refractivity contribution in [1.29, 1.82) is 0 Å². The van der Waals surface area contributed by atoms with E-state index in [1.165, 1.54) is 6.66 Å². The molecule has 0 saturated heterocycles. The number of para-hydroxylation sites is 1. The first-order valence-corrected chi connectivity index (χ1v) is 8.95. The lowest BCUT2D eigenvalue weighted by Crippen LogP contribution is -2.05. The highest BCUT2D eigenvalue weighted by molar-refractivity contribution is 7.60. The molecule has 1 N–H and O–H groups in total. The number of hydrogen-bond acceptors (Lipinski definition) is 4. The van der Waals surface area contributed by atoms with Crippen LogP contribution in [0.15, 0.2) is 54.6 Å². The molecule has 0 fully saturated rings. The summed E-state index contributed by atoms with van der Waals surface area (Å²) >= 11 is 0. The fourth-order valence-electron chi connectivity index (χ4n) is 1.84. The first-order chi connectivity index (χ1) is 10.5. The highest BCUT2D eigenvalue weighted by Crippen LogP contribution is 2.43. The number of benzene rings is 2. The summed E-state index contributed by atoms with van der Waals surface area (Å²) in [5, 5.41) is 2.85. The van der Waals surface area contributed by atoms with E-state index < -0.39 is 7.52 Å². The molecule has 0 bridgehead atoms. The molecule has 0 aromatic heterocycles. The van der Waals surface area contributed by atoms with E-state index in [0.29, 0.717) is 23.6 Å². The van der Waals surface area contributed by atoms with Crippen LogP contribution >= 0.6 is 7.52 Å². The predicted molar refractivity (Wildman–Crippen MR) is 86.6 cm³/mol. The Balaban J connectivity index is 2.03. The zero-order chi connectivity index (χ0) is 16.0. The summed E-state index contributed by atoms with van der Waals surface area (Å²) in [5.74, 6) is 0.151. The van der Waals surface area contributed by atoms with Crippen LogP contribution in [0, 0.1) is 0 Å². The minimum absolute atomic E-state index is 0.327. The van der Waals surface area contributed by atoms with Gasteiger partial charge in [0.2, 0.25) is 0 Å². The van der Waals surface area contributed by atoms with E-state index in [9.17, 15) is 9.36 Å². The van der Waals surface area contributed by atoms with Crippen molar-refractivity contribution < 1.29 is 18.6 Å². The lowest BCUT2D eigenvalue weighted by atomic mass is 10.2. The summed E-state index contributed by atoms with van der Waals surface area (Å²) in [6.45, 7) is 3.58. The number of carbonyl (C=O) groups excluding carboxylic acids is 1. The molecule has 2 aromatic carbocycles. The monoisotopic (exact) mass is 319 g/mol. The van der Waals surface area contributed by atoms with Gasteiger partial charge in [-0.1, -0.05) is 18.2 Å². The van der Waals surface area contributed by atoms with Gasteiger partial charge in [0.1, 0.15) is 5.75 Å². The van der Waals surface area contributed by atoms with Crippen LogP contribution in [0.4, 0.5) is 5.69 Å². The van der Waals surface area contributed by atoms with Crippen LogP contribution < -0.4 is 9.61 Å². The molecule has 0 amide bonds. The van der Waals surface area contributed by atoms with Crippen LogP contribution in [-0.2, 0) is 9.30 Å². The molecule has 6 heteroatoms. The molecule has 0 saturated carbocycles. The number of nitrogens with one attached hydrogen (secondary N) is 1. The molecular weight excluding hydrogens is 301 g/mol. The molecule has 0 unspecified atom stereocenters. The van der Waals surface area contributed by atoms with Gasteiger partial charge in [-0.3, -0.25) is 4.57 Å². The van der Waals surface area contributed by atoms with Crippen LogP contribution in [0.5, 0.6) is 5.75 Å². The zero-order valence-electron chi connectivity index (χ0n) is 12.5. The first kappa shape index (κ1) is 16.1. The topological polar surface area (TPSA) is 64.6 Å². The summed E-state index contributed by atoms with van der Waals surface area (Å²) in [6.07, 6.45) is 0. The Labute approximate surface area is 129 Å². The number of hydrogen-bond donors (Lipinski definition) is 1. The number of anilines is 1. The maximum Gasteiger partial charge on any atom is 0.338 e. The largest absolute Gasteiger partial charge is 0.462 e. The zero-order valence-corrected chi connectivity index (χ0v) is 13.4. The number of esters is 1. The summed E-state index contributed by atoms with van der Waals surface area (Å²) in [7, 11) is -3.05. The number of carbonyl (C=O) groups is 1. The second-order valence-corrected chi connectivity index (χ2v) is 6.76. The van der Waals surface area contributed by atoms with Gasteiger partial charge in [0.05, 0.1) is 12.2 Å². The Kier molecular flexibility index (Phi) is 5.23. The third-order valence-corrected chi connectivity index (χ3v) is 3.97. The smallest absolute Gasteiger partial charge is 0.338 e. The van der Waals surface area contributed by atoms with E-state index in [0.717, 1.165) is 0 Å².